The van der Waals surface area contributed by atoms with Crippen molar-refractivity contribution < 1.29 is 14.2 Å². The fourth-order valence-electron chi connectivity index (χ4n) is 2.89. The zero-order chi connectivity index (χ0) is 20.2. The molecule has 2 rings (SSSR count). The van der Waals surface area contributed by atoms with Crippen LogP contribution in [0.3, 0.4) is 0 Å². The predicted molar refractivity (Wildman–Crippen MR) is 130 cm³/mol. The predicted octanol–water partition coefficient (Wildman–Crippen LogP) is 3.90. The van der Waals surface area contributed by atoms with E-state index in [1.165, 1.54) is 5.56 Å². The Hall–Kier alpha value is -1.06. The molecule has 7 heteroatoms. The van der Waals surface area contributed by atoms with Crippen LogP contribution in [0.1, 0.15) is 44.7 Å². The number of nitrogens with zero attached hydrogens (tertiary/aromatic N) is 1. The van der Waals surface area contributed by atoms with E-state index in [9.17, 15) is 0 Å². The number of benzene rings is 1. The van der Waals surface area contributed by atoms with E-state index in [-0.39, 0.29) is 30.1 Å². The summed E-state index contributed by atoms with van der Waals surface area (Å²) in [5.74, 6) is 2.31. The summed E-state index contributed by atoms with van der Waals surface area (Å²) in [6.45, 7) is 13.7. The minimum Gasteiger partial charge on any atom is -0.488 e. The molecule has 0 aliphatic carbocycles. The first kappa shape index (κ1) is 26.0. The number of aliphatic imine (C=N–C) groups is 1. The summed E-state index contributed by atoms with van der Waals surface area (Å²) in [6, 6.07) is 6.30. The molecule has 1 saturated heterocycles. The van der Waals surface area contributed by atoms with Gasteiger partial charge >= 0.3 is 0 Å². The number of rotatable bonds is 11. The van der Waals surface area contributed by atoms with Gasteiger partial charge in [0.15, 0.2) is 5.96 Å². The smallest absolute Gasteiger partial charge is 0.191 e. The second-order valence-corrected chi connectivity index (χ2v) is 7.66. The van der Waals surface area contributed by atoms with Gasteiger partial charge < -0.3 is 24.8 Å². The van der Waals surface area contributed by atoms with Gasteiger partial charge in [-0.1, -0.05) is 26.0 Å². The SMILES string of the molecule is CCNC(=NCc1ccc(C)cc1OC1CCOC1)NCCCOCC(C)C.I. The third-order valence-electron chi connectivity index (χ3n) is 4.37. The fraction of sp³-hybridized carbons (Fsp3) is 0.682. The molecular formula is C22H38IN3O3. The monoisotopic (exact) mass is 519 g/mol. The molecular weight excluding hydrogens is 481 g/mol. The van der Waals surface area contributed by atoms with Gasteiger partial charge in [0.2, 0.25) is 0 Å². The van der Waals surface area contributed by atoms with Crippen molar-refractivity contribution in [2.75, 3.05) is 39.5 Å². The maximum Gasteiger partial charge on any atom is 0.191 e. The molecule has 6 nitrogen and oxygen atoms in total. The van der Waals surface area contributed by atoms with Gasteiger partial charge in [0, 0.05) is 38.3 Å². The molecule has 1 aliphatic heterocycles. The lowest BCUT2D eigenvalue weighted by Crippen LogP contribution is -2.38. The van der Waals surface area contributed by atoms with E-state index >= 15 is 0 Å². The highest BCUT2D eigenvalue weighted by atomic mass is 127. The minimum absolute atomic E-state index is 0. The van der Waals surface area contributed by atoms with Crippen LogP contribution in [-0.2, 0) is 16.0 Å². The first-order valence-electron chi connectivity index (χ1n) is 10.5. The quantitative estimate of drug-likeness (QED) is 0.201. The molecule has 1 aromatic carbocycles. The average Bonchev–Trinajstić information content (AvgIpc) is 3.16. The molecule has 1 atom stereocenters. The fourth-order valence-corrected chi connectivity index (χ4v) is 2.89. The lowest BCUT2D eigenvalue weighted by molar-refractivity contribution is 0.108. The third-order valence-corrected chi connectivity index (χ3v) is 4.37. The molecule has 166 valence electrons. The van der Waals surface area contributed by atoms with Crippen molar-refractivity contribution in [2.24, 2.45) is 10.9 Å². The Bertz CT molecular complexity index is 605. The molecule has 1 heterocycles. The molecule has 1 aromatic rings. The normalized spacial score (nSPS) is 16.6. The van der Waals surface area contributed by atoms with Crippen molar-refractivity contribution in [1.82, 2.24) is 10.6 Å². The maximum atomic E-state index is 6.17. The van der Waals surface area contributed by atoms with E-state index < -0.39 is 0 Å². The summed E-state index contributed by atoms with van der Waals surface area (Å²) >= 11 is 0. The molecule has 0 spiro atoms. The number of hydrogen-bond donors (Lipinski definition) is 2. The molecule has 0 bridgehead atoms. The highest BCUT2D eigenvalue weighted by molar-refractivity contribution is 14.0. The van der Waals surface area contributed by atoms with Crippen molar-refractivity contribution in [3.8, 4) is 5.75 Å². The molecule has 1 aliphatic rings. The second-order valence-electron chi connectivity index (χ2n) is 7.66. The van der Waals surface area contributed by atoms with E-state index in [1.807, 2.05) is 0 Å². The van der Waals surface area contributed by atoms with Crippen molar-refractivity contribution >= 4 is 29.9 Å². The van der Waals surface area contributed by atoms with Crippen molar-refractivity contribution in [3.05, 3.63) is 29.3 Å². The number of aryl methyl sites for hydroxylation is 1. The van der Waals surface area contributed by atoms with Gasteiger partial charge in [-0.05, 0) is 37.8 Å². The van der Waals surface area contributed by atoms with Gasteiger partial charge in [-0.25, -0.2) is 4.99 Å². The molecule has 1 unspecified atom stereocenters. The Morgan fingerprint density at radius 3 is 2.83 bits per heavy atom. The van der Waals surface area contributed by atoms with Crippen LogP contribution in [0.15, 0.2) is 23.2 Å². The Morgan fingerprint density at radius 2 is 2.14 bits per heavy atom. The molecule has 2 N–H and O–H groups in total. The lowest BCUT2D eigenvalue weighted by atomic mass is 10.1. The zero-order valence-corrected chi connectivity index (χ0v) is 20.7. The van der Waals surface area contributed by atoms with E-state index in [4.69, 9.17) is 19.2 Å². The Balaban J connectivity index is 0.00000420. The van der Waals surface area contributed by atoms with Gasteiger partial charge in [0.25, 0.3) is 0 Å². The third kappa shape index (κ3) is 10.5. The van der Waals surface area contributed by atoms with Crippen LogP contribution in [0, 0.1) is 12.8 Å². The summed E-state index contributed by atoms with van der Waals surface area (Å²) in [5, 5.41) is 6.68. The molecule has 0 aromatic heterocycles. The first-order chi connectivity index (χ1) is 13.6. The number of hydrogen-bond acceptors (Lipinski definition) is 4. The van der Waals surface area contributed by atoms with E-state index in [1.54, 1.807) is 0 Å². The van der Waals surface area contributed by atoms with Crippen LogP contribution >= 0.6 is 24.0 Å². The van der Waals surface area contributed by atoms with Crippen LogP contribution < -0.4 is 15.4 Å². The van der Waals surface area contributed by atoms with Crippen LogP contribution in [0.2, 0.25) is 0 Å². The number of halogens is 1. The van der Waals surface area contributed by atoms with Crippen LogP contribution in [0.5, 0.6) is 5.75 Å². The van der Waals surface area contributed by atoms with Crippen LogP contribution in [0.4, 0.5) is 0 Å². The Labute approximate surface area is 193 Å². The largest absolute Gasteiger partial charge is 0.488 e. The summed E-state index contributed by atoms with van der Waals surface area (Å²) in [5.41, 5.74) is 2.28. The van der Waals surface area contributed by atoms with E-state index in [0.717, 1.165) is 63.0 Å². The number of guanidine groups is 1. The van der Waals surface area contributed by atoms with E-state index in [2.05, 4.69) is 56.5 Å². The van der Waals surface area contributed by atoms with Gasteiger partial charge in [-0.3, -0.25) is 0 Å². The molecule has 1 fully saturated rings. The molecule has 0 saturated carbocycles. The lowest BCUT2D eigenvalue weighted by Gasteiger charge is -2.16. The van der Waals surface area contributed by atoms with Crippen LogP contribution in [-0.4, -0.2) is 51.6 Å². The zero-order valence-electron chi connectivity index (χ0n) is 18.3. The minimum atomic E-state index is 0. The summed E-state index contributed by atoms with van der Waals surface area (Å²) in [6.07, 6.45) is 2.04. The van der Waals surface area contributed by atoms with Gasteiger partial charge in [-0.2, -0.15) is 0 Å². The van der Waals surface area contributed by atoms with Crippen molar-refractivity contribution in [1.29, 1.82) is 0 Å². The van der Waals surface area contributed by atoms with Crippen LogP contribution in [0.25, 0.3) is 0 Å². The van der Waals surface area contributed by atoms with Gasteiger partial charge in [-0.15, -0.1) is 24.0 Å². The average molecular weight is 519 g/mol. The highest BCUT2D eigenvalue weighted by Crippen LogP contribution is 2.24. The number of ether oxygens (including phenoxy) is 3. The van der Waals surface area contributed by atoms with Gasteiger partial charge in [0.05, 0.1) is 19.8 Å². The van der Waals surface area contributed by atoms with Crippen molar-refractivity contribution in [2.45, 2.75) is 53.2 Å². The van der Waals surface area contributed by atoms with Gasteiger partial charge in [0.1, 0.15) is 11.9 Å². The Kier molecular flexibility index (Phi) is 13.3. The molecule has 0 amide bonds. The topological polar surface area (TPSA) is 64.1 Å². The number of nitrogens with one attached hydrogen (secondary N) is 2. The highest BCUT2D eigenvalue weighted by Gasteiger charge is 2.18. The first-order valence-corrected chi connectivity index (χ1v) is 10.5. The van der Waals surface area contributed by atoms with E-state index in [0.29, 0.717) is 19.1 Å². The molecule has 29 heavy (non-hydrogen) atoms. The van der Waals surface area contributed by atoms with Crippen molar-refractivity contribution in [3.63, 3.8) is 0 Å². The summed E-state index contributed by atoms with van der Waals surface area (Å²) in [4.78, 5) is 4.74. The summed E-state index contributed by atoms with van der Waals surface area (Å²) < 4.78 is 17.2. The second kappa shape index (κ2) is 14.8. The standard InChI is InChI=1S/C22H37N3O3.HI/c1-5-23-22(24-10-6-11-26-15-17(2)3)25-14-19-8-7-18(4)13-21(19)28-20-9-12-27-16-20;/h7-8,13,17,20H,5-6,9-12,14-16H2,1-4H3,(H2,23,24,25);1H. The summed E-state index contributed by atoms with van der Waals surface area (Å²) in [7, 11) is 0. The maximum absolute atomic E-state index is 6.17. The Morgan fingerprint density at radius 1 is 1.31 bits per heavy atom. The molecule has 0 radical (unpaired) electrons.